The highest BCUT2D eigenvalue weighted by atomic mass is 16.5. The summed E-state index contributed by atoms with van der Waals surface area (Å²) in [5.41, 5.74) is 1.31. The molecule has 0 aliphatic heterocycles. The fourth-order valence-corrected chi connectivity index (χ4v) is 5.92. The smallest absolute Gasteiger partial charge is 0.336 e. The van der Waals surface area contributed by atoms with Crippen molar-refractivity contribution in [1.29, 1.82) is 0 Å². The van der Waals surface area contributed by atoms with E-state index in [1.807, 2.05) is 12.1 Å². The summed E-state index contributed by atoms with van der Waals surface area (Å²) in [6.45, 7) is 13.2. The molecule has 0 bridgehead atoms. The first-order chi connectivity index (χ1) is 14.7. The molecule has 31 heavy (non-hydrogen) atoms. The zero-order chi connectivity index (χ0) is 22.3. The van der Waals surface area contributed by atoms with Gasteiger partial charge < -0.3 is 13.9 Å². The number of carbonyl (C=O) groups is 1. The third kappa shape index (κ3) is 4.15. The number of hydrogen-bond acceptors (Lipinski definition) is 5. The van der Waals surface area contributed by atoms with Crippen molar-refractivity contribution in [1.82, 2.24) is 0 Å². The lowest BCUT2D eigenvalue weighted by Gasteiger charge is -2.56. The predicted octanol–water partition coefficient (Wildman–Crippen LogP) is 5.37. The summed E-state index contributed by atoms with van der Waals surface area (Å²) < 4.78 is 17.2. The molecule has 1 heterocycles. The predicted molar refractivity (Wildman–Crippen MR) is 120 cm³/mol. The monoisotopic (exact) mass is 424 g/mol. The number of esters is 1. The van der Waals surface area contributed by atoms with Crippen molar-refractivity contribution < 1.29 is 18.7 Å². The minimum absolute atomic E-state index is 0.0578. The molecule has 4 rings (SSSR count). The van der Waals surface area contributed by atoms with Gasteiger partial charge in [-0.1, -0.05) is 32.9 Å². The van der Waals surface area contributed by atoms with Crippen molar-refractivity contribution >= 4 is 16.9 Å². The molecule has 4 unspecified atom stereocenters. The normalized spacial score (nSPS) is 29.9. The van der Waals surface area contributed by atoms with E-state index in [1.165, 1.54) is 18.6 Å². The number of fused-ring (bicyclic) bond motifs is 2. The van der Waals surface area contributed by atoms with Crippen LogP contribution in [0.1, 0.15) is 47.0 Å². The van der Waals surface area contributed by atoms with E-state index in [-0.39, 0.29) is 29.0 Å². The van der Waals surface area contributed by atoms with Gasteiger partial charge in [-0.25, -0.2) is 4.79 Å². The van der Waals surface area contributed by atoms with Gasteiger partial charge in [-0.3, -0.25) is 4.79 Å². The lowest BCUT2D eigenvalue weighted by molar-refractivity contribution is -0.170. The fraction of sp³-hybridized carbons (Fsp3) is 0.538. The van der Waals surface area contributed by atoms with Crippen molar-refractivity contribution in [2.24, 2.45) is 29.1 Å². The van der Waals surface area contributed by atoms with Crippen LogP contribution in [-0.2, 0) is 9.53 Å². The number of carbonyl (C=O) groups excluding carboxylic acids is 1. The minimum atomic E-state index is -0.367. The summed E-state index contributed by atoms with van der Waals surface area (Å²) in [6.07, 6.45) is 2.83. The second kappa shape index (κ2) is 8.18. The molecule has 166 valence electrons. The fourth-order valence-electron chi connectivity index (χ4n) is 5.92. The van der Waals surface area contributed by atoms with Crippen LogP contribution in [0.15, 0.2) is 51.7 Å². The Balaban J connectivity index is 1.55. The average molecular weight is 425 g/mol. The summed E-state index contributed by atoms with van der Waals surface area (Å²) in [6, 6.07) is 8.78. The van der Waals surface area contributed by atoms with Gasteiger partial charge in [0.05, 0.1) is 6.61 Å². The van der Waals surface area contributed by atoms with Crippen molar-refractivity contribution in [3.63, 3.8) is 0 Å². The molecule has 5 heteroatoms. The maximum absolute atomic E-state index is 11.7. The summed E-state index contributed by atoms with van der Waals surface area (Å²) in [4.78, 5) is 23.2. The van der Waals surface area contributed by atoms with E-state index in [0.29, 0.717) is 35.7 Å². The quantitative estimate of drug-likeness (QED) is 0.375. The van der Waals surface area contributed by atoms with Crippen LogP contribution >= 0.6 is 0 Å². The number of benzene rings is 1. The standard InChI is InChI=1S/C26H32O5/c1-15-6-10-21-25(16(2)12-23(26(21,4)5)30-17(3)27)20(15)14-29-19-9-7-18-8-11-24(28)31-22(18)13-19/h7-9,11,13,16,20-21,23,25H,1,6,10,12,14H2,2-5H3/t16-,20?,21?,23?,25?/m0/s1. The highest BCUT2D eigenvalue weighted by Gasteiger charge is 2.53. The van der Waals surface area contributed by atoms with Gasteiger partial charge in [0.2, 0.25) is 0 Å². The van der Waals surface area contributed by atoms with Crippen molar-refractivity contribution in [2.75, 3.05) is 6.61 Å². The van der Waals surface area contributed by atoms with E-state index in [1.54, 1.807) is 12.1 Å². The van der Waals surface area contributed by atoms with Gasteiger partial charge in [0.1, 0.15) is 17.4 Å². The van der Waals surface area contributed by atoms with Crippen molar-refractivity contribution in [3.8, 4) is 5.75 Å². The van der Waals surface area contributed by atoms with E-state index in [9.17, 15) is 9.59 Å². The molecule has 0 N–H and O–H groups in total. The summed E-state index contributed by atoms with van der Waals surface area (Å²) in [5, 5.41) is 0.869. The molecule has 5 atom stereocenters. The van der Waals surface area contributed by atoms with Crippen molar-refractivity contribution in [2.45, 2.75) is 53.1 Å². The highest BCUT2D eigenvalue weighted by molar-refractivity contribution is 5.77. The lowest BCUT2D eigenvalue weighted by atomic mass is 9.51. The van der Waals surface area contributed by atoms with Crippen LogP contribution in [0.25, 0.3) is 11.0 Å². The second-order valence-electron chi connectivity index (χ2n) is 9.88. The molecule has 1 aromatic heterocycles. The first kappa shape index (κ1) is 21.7. The third-order valence-corrected chi connectivity index (χ3v) is 7.59. The molecule has 2 aromatic rings. The zero-order valence-electron chi connectivity index (χ0n) is 18.9. The van der Waals surface area contributed by atoms with E-state index >= 15 is 0 Å². The Kier molecular flexibility index (Phi) is 5.71. The molecule has 2 fully saturated rings. The van der Waals surface area contributed by atoms with E-state index in [0.717, 1.165) is 24.6 Å². The number of hydrogen-bond donors (Lipinski definition) is 0. The maximum Gasteiger partial charge on any atom is 0.336 e. The second-order valence-corrected chi connectivity index (χ2v) is 9.88. The Morgan fingerprint density at radius 2 is 2.00 bits per heavy atom. The third-order valence-electron chi connectivity index (χ3n) is 7.59. The largest absolute Gasteiger partial charge is 0.493 e. The van der Waals surface area contributed by atoms with Gasteiger partial charge in [0, 0.05) is 35.8 Å². The molecule has 1 aromatic carbocycles. The first-order valence-corrected chi connectivity index (χ1v) is 11.2. The molecular weight excluding hydrogens is 392 g/mol. The molecule has 0 amide bonds. The lowest BCUT2D eigenvalue weighted by Crippen LogP contribution is -2.54. The molecular formula is C26H32O5. The SMILES string of the molecule is C=C1CCC2C(C1COc1ccc3ccc(=O)oc3c1)[C@@H](C)CC(OC(C)=O)C2(C)C. The van der Waals surface area contributed by atoms with Gasteiger partial charge >= 0.3 is 11.6 Å². The Hall–Kier alpha value is -2.56. The van der Waals surface area contributed by atoms with Gasteiger partial charge in [0.15, 0.2) is 0 Å². The van der Waals surface area contributed by atoms with Crippen LogP contribution in [-0.4, -0.2) is 18.7 Å². The van der Waals surface area contributed by atoms with Gasteiger partial charge in [-0.05, 0) is 55.2 Å². The molecule has 0 radical (unpaired) electrons. The van der Waals surface area contributed by atoms with Gasteiger partial charge in [-0.15, -0.1) is 0 Å². The molecule has 2 aliphatic rings. The average Bonchev–Trinajstić information content (AvgIpc) is 2.70. The van der Waals surface area contributed by atoms with Crippen LogP contribution in [0, 0.1) is 29.1 Å². The molecule has 2 saturated carbocycles. The zero-order valence-corrected chi connectivity index (χ0v) is 18.9. The molecule has 5 nitrogen and oxygen atoms in total. The Labute approximate surface area is 183 Å². The number of rotatable bonds is 4. The summed E-state index contributed by atoms with van der Waals surface area (Å²) in [5.74, 6) is 2.01. The van der Waals surface area contributed by atoms with Crippen LogP contribution in [0.5, 0.6) is 5.75 Å². The molecule has 2 aliphatic carbocycles. The Morgan fingerprint density at radius 1 is 1.26 bits per heavy atom. The van der Waals surface area contributed by atoms with E-state index in [4.69, 9.17) is 13.9 Å². The van der Waals surface area contributed by atoms with Gasteiger partial charge in [-0.2, -0.15) is 0 Å². The Bertz CT molecular complexity index is 1050. The summed E-state index contributed by atoms with van der Waals surface area (Å²) >= 11 is 0. The van der Waals surface area contributed by atoms with Crippen LogP contribution < -0.4 is 10.4 Å². The summed E-state index contributed by atoms with van der Waals surface area (Å²) in [7, 11) is 0. The van der Waals surface area contributed by atoms with Gasteiger partial charge in [0.25, 0.3) is 0 Å². The highest BCUT2D eigenvalue weighted by Crippen LogP contribution is 2.56. The maximum atomic E-state index is 11.7. The van der Waals surface area contributed by atoms with E-state index < -0.39 is 0 Å². The van der Waals surface area contributed by atoms with E-state index in [2.05, 4.69) is 27.4 Å². The molecule has 0 spiro atoms. The first-order valence-electron chi connectivity index (χ1n) is 11.2. The van der Waals surface area contributed by atoms with Crippen LogP contribution in [0.4, 0.5) is 0 Å². The Morgan fingerprint density at radius 3 is 2.74 bits per heavy atom. The number of ether oxygens (including phenoxy) is 2. The van der Waals surface area contributed by atoms with Crippen molar-refractivity contribution in [3.05, 3.63) is 52.9 Å². The van der Waals surface area contributed by atoms with Crippen LogP contribution in [0.3, 0.4) is 0 Å². The van der Waals surface area contributed by atoms with Crippen LogP contribution in [0.2, 0.25) is 0 Å². The molecule has 0 saturated heterocycles. The minimum Gasteiger partial charge on any atom is -0.493 e. The topological polar surface area (TPSA) is 65.7 Å².